The Balaban J connectivity index is 1.86. The lowest BCUT2D eigenvalue weighted by molar-refractivity contribution is -0.135. The molecule has 0 saturated carbocycles. The van der Waals surface area contributed by atoms with Crippen LogP contribution in [0.2, 0.25) is 0 Å². The third kappa shape index (κ3) is 4.28. The van der Waals surface area contributed by atoms with E-state index in [2.05, 4.69) is 16.8 Å². The van der Waals surface area contributed by atoms with E-state index in [1.165, 1.54) is 6.42 Å². The number of likely N-dealkylation sites (N-methyl/N-ethyl adjacent to an activating group) is 1. The number of likely N-dealkylation sites (tertiary alicyclic amines) is 1. The molecule has 0 radical (unpaired) electrons. The van der Waals surface area contributed by atoms with Crippen molar-refractivity contribution in [1.82, 2.24) is 14.7 Å². The summed E-state index contributed by atoms with van der Waals surface area (Å²) in [6, 6.07) is 0.276. The minimum absolute atomic E-state index is 0.230. The zero-order chi connectivity index (χ0) is 14.5. The van der Waals surface area contributed by atoms with Gasteiger partial charge in [-0.05, 0) is 33.4 Å². The fourth-order valence-corrected chi connectivity index (χ4v) is 3.16. The fourth-order valence-electron chi connectivity index (χ4n) is 3.16. The predicted molar refractivity (Wildman–Crippen MR) is 78.6 cm³/mol. The molecule has 2 aliphatic rings. The Labute approximate surface area is 121 Å². The first kappa shape index (κ1) is 15.4. The van der Waals surface area contributed by atoms with Crippen LogP contribution in [0.5, 0.6) is 0 Å². The maximum Gasteiger partial charge on any atom is 0.236 e. The van der Waals surface area contributed by atoms with Crippen molar-refractivity contribution < 1.29 is 9.59 Å². The van der Waals surface area contributed by atoms with Gasteiger partial charge in [0.1, 0.15) is 5.78 Å². The van der Waals surface area contributed by atoms with Crippen molar-refractivity contribution in [3.8, 4) is 0 Å². The zero-order valence-electron chi connectivity index (χ0n) is 12.8. The Hall–Kier alpha value is -0.940. The van der Waals surface area contributed by atoms with Crippen molar-refractivity contribution in [2.45, 2.75) is 38.6 Å². The standard InChI is InChI=1S/C15H27N3O2/c1-13(19)11-14-5-3-4-6-18(14)12-15(20)17-9-7-16(2)8-10-17/h14H,3-12H2,1-2H3. The van der Waals surface area contributed by atoms with Gasteiger partial charge in [0.25, 0.3) is 0 Å². The molecule has 20 heavy (non-hydrogen) atoms. The van der Waals surface area contributed by atoms with E-state index in [9.17, 15) is 9.59 Å². The average molecular weight is 281 g/mol. The Morgan fingerprint density at radius 2 is 1.75 bits per heavy atom. The van der Waals surface area contributed by atoms with Crippen molar-refractivity contribution >= 4 is 11.7 Å². The molecule has 2 rings (SSSR count). The Morgan fingerprint density at radius 3 is 2.40 bits per heavy atom. The molecular weight excluding hydrogens is 254 g/mol. The van der Waals surface area contributed by atoms with E-state index in [4.69, 9.17) is 0 Å². The summed E-state index contributed by atoms with van der Waals surface area (Å²) in [7, 11) is 2.09. The predicted octanol–water partition coefficient (Wildman–Crippen LogP) is 0.594. The highest BCUT2D eigenvalue weighted by Crippen LogP contribution is 2.20. The van der Waals surface area contributed by atoms with Gasteiger partial charge in [-0.1, -0.05) is 6.42 Å². The number of piperidine rings is 1. The second kappa shape index (κ2) is 7.18. The number of carbonyl (C=O) groups excluding carboxylic acids is 2. The molecule has 2 fully saturated rings. The van der Waals surface area contributed by atoms with E-state index in [0.29, 0.717) is 13.0 Å². The van der Waals surface area contributed by atoms with Gasteiger partial charge in [0, 0.05) is 38.6 Å². The second-order valence-electron chi connectivity index (χ2n) is 6.21. The van der Waals surface area contributed by atoms with Crippen molar-refractivity contribution in [3.05, 3.63) is 0 Å². The Morgan fingerprint density at radius 1 is 1.05 bits per heavy atom. The number of amides is 1. The van der Waals surface area contributed by atoms with Crippen LogP contribution in [0.3, 0.4) is 0 Å². The van der Waals surface area contributed by atoms with Gasteiger partial charge in [-0.2, -0.15) is 0 Å². The van der Waals surface area contributed by atoms with Crippen LogP contribution in [0.15, 0.2) is 0 Å². The van der Waals surface area contributed by atoms with Crippen LogP contribution in [-0.2, 0) is 9.59 Å². The Bertz CT molecular complexity index is 351. The van der Waals surface area contributed by atoms with Crippen LogP contribution >= 0.6 is 0 Å². The zero-order valence-corrected chi connectivity index (χ0v) is 12.8. The summed E-state index contributed by atoms with van der Waals surface area (Å²) in [6.45, 7) is 6.68. The average Bonchev–Trinajstić information content (AvgIpc) is 2.41. The lowest BCUT2D eigenvalue weighted by Gasteiger charge is -2.38. The highest BCUT2D eigenvalue weighted by molar-refractivity contribution is 5.79. The summed E-state index contributed by atoms with van der Waals surface area (Å²) in [5.74, 6) is 0.461. The molecule has 0 bridgehead atoms. The highest BCUT2D eigenvalue weighted by atomic mass is 16.2. The number of hydrogen-bond donors (Lipinski definition) is 0. The van der Waals surface area contributed by atoms with Crippen LogP contribution in [0, 0.1) is 0 Å². The van der Waals surface area contributed by atoms with Crippen molar-refractivity contribution in [2.75, 3.05) is 46.3 Å². The van der Waals surface area contributed by atoms with Gasteiger partial charge < -0.3 is 9.80 Å². The number of hydrogen-bond acceptors (Lipinski definition) is 4. The molecule has 1 amide bonds. The normalized spacial score (nSPS) is 25.7. The molecule has 0 aromatic carbocycles. The third-order valence-electron chi connectivity index (χ3n) is 4.47. The summed E-state index contributed by atoms with van der Waals surface area (Å²) in [4.78, 5) is 30.2. The molecule has 1 unspecified atom stereocenters. The molecule has 5 nitrogen and oxygen atoms in total. The first-order chi connectivity index (χ1) is 9.56. The van der Waals surface area contributed by atoms with E-state index >= 15 is 0 Å². The number of rotatable bonds is 4. The molecule has 1 atom stereocenters. The topological polar surface area (TPSA) is 43.9 Å². The molecule has 2 aliphatic heterocycles. The first-order valence-corrected chi connectivity index (χ1v) is 7.76. The van der Waals surface area contributed by atoms with Gasteiger partial charge in [-0.15, -0.1) is 0 Å². The fraction of sp³-hybridized carbons (Fsp3) is 0.867. The molecule has 0 aromatic rings. The Kier molecular flexibility index (Phi) is 5.54. The van der Waals surface area contributed by atoms with E-state index in [1.54, 1.807) is 6.92 Å². The van der Waals surface area contributed by atoms with E-state index < -0.39 is 0 Å². The van der Waals surface area contributed by atoms with Crippen molar-refractivity contribution in [2.24, 2.45) is 0 Å². The third-order valence-corrected chi connectivity index (χ3v) is 4.47. The van der Waals surface area contributed by atoms with E-state index in [1.807, 2.05) is 4.90 Å². The number of Topliss-reactive ketones (excluding diaryl/α,β-unsaturated/α-hetero) is 1. The maximum absolute atomic E-state index is 12.4. The molecule has 0 spiro atoms. The number of carbonyl (C=O) groups is 2. The number of piperazine rings is 1. The second-order valence-corrected chi connectivity index (χ2v) is 6.21. The highest BCUT2D eigenvalue weighted by Gasteiger charge is 2.27. The van der Waals surface area contributed by atoms with Gasteiger partial charge >= 0.3 is 0 Å². The lowest BCUT2D eigenvalue weighted by atomic mass is 9.98. The van der Waals surface area contributed by atoms with Crippen molar-refractivity contribution in [1.29, 1.82) is 0 Å². The molecular formula is C15H27N3O2. The van der Waals surface area contributed by atoms with Gasteiger partial charge in [-0.3, -0.25) is 14.5 Å². The minimum atomic E-state index is 0.230. The number of ketones is 1. The summed E-state index contributed by atoms with van der Waals surface area (Å²) in [6.07, 6.45) is 3.97. The summed E-state index contributed by atoms with van der Waals surface area (Å²) < 4.78 is 0. The van der Waals surface area contributed by atoms with E-state index in [-0.39, 0.29) is 17.7 Å². The van der Waals surface area contributed by atoms with Crippen LogP contribution in [-0.4, -0.2) is 78.7 Å². The van der Waals surface area contributed by atoms with Crippen LogP contribution in [0.1, 0.15) is 32.6 Å². The molecule has 0 N–H and O–H groups in total. The largest absolute Gasteiger partial charge is 0.339 e. The van der Waals surface area contributed by atoms with Crippen molar-refractivity contribution in [3.63, 3.8) is 0 Å². The SMILES string of the molecule is CC(=O)CC1CCCCN1CC(=O)N1CCN(C)CC1. The smallest absolute Gasteiger partial charge is 0.236 e. The minimum Gasteiger partial charge on any atom is -0.339 e. The van der Waals surface area contributed by atoms with E-state index in [0.717, 1.165) is 45.6 Å². The lowest BCUT2D eigenvalue weighted by Crippen LogP contribution is -2.52. The van der Waals surface area contributed by atoms with Gasteiger partial charge in [0.05, 0.1) is 6.54 Å². The van der Waals surface area contributed by atoms with Gasteiger partial charge in [-0.25, -0.2) is 0 Å². The van der Waals surface area contributed by atoms with Crippen LogP contribution in [0.4, 0.5) is 0 Å². The summed E-state index contributed by atoms with van der Waals surface area (Å²) >= 11 is 0. The summed E-state index contributed by atoms with van der Waals surface area (Å²) in [5, 5.41) is 0. The quantitative estimate of drug-likeness (QED) is 0.757. The molecule has 114 valence electrons. The maximum atomic E-state index is 12.4. The van der Waals surface area contributed by atoms with Crippen LogP contribution < -0.4 is 0 Å². The monoisotopic (exact) mass is 281 g/mol. The molecule has 5 heteroatoms. The molecule has 0 aliphatic carbocycles. The number of nitrogens with zero attached hydrogens (tertiary/aromatic N) is 3. The summed E-state index contributed by atoms with van der Waals surface area (Å²) in [5.41, 5.74) is 0. The van der Waals surface area contributed by atoms with Gasteiger partial charge in [0.2, 0.25) is 5.91 Å². The van der Waals surface area contributed by atoms with Gasteiger partial charge in [0.15, 0.2) is 0 Å². The van der Waals surface area contributed by atoms with Crippen LogP contribution in [0.25, 0.3) is 0 Å². The molecule has 2 saturated heterocycles. The molecule has 2 heterocycles. The first-order valence-electron chi connectivity index (χ1n) is 7.76. The molecule has 0 aromatic heterocycles.